The molecule has 1 heterocycles. The van der Waals surface area contributed by atoms with Crippen LogP contribution in [-0.4, -0.2) is 9.97 Å². The topological polar surface area (TPSA) is 28.7 Å². The van der Waals surface area contributed by atoms with Crippen LogP contribution in [0.1, 0.15) is 83.0 Å². The van der Waals surface area contributed by atoms with Crippen molar-refractivity contribution in [2.45, 2.75) is 84.5 Å². The highest BCUT2D eigenvalue weighted by Gasteiger charge is 2.04. The summed E-state index contributed by atoms with van der Waals surface area (Å²) in [6.07, 6.45) is 14.2. The van der Waals surface area contributed by atoms with Gasteiger partial charge < -0.3 is 4.98 Å². The number of nitrogens with one attached hydrogen (secondary N) is 1. The molecule has 122 valence electrons. The number of aromatic amines is 1. The van der Waals surface area contributed by atoms with E-state index in [4.69, 9.17) is 4.98 Å². The summed E-state index contributed by atoms with van der Waals surface area (Å²) in [7, 11) is 0. The molecular formula is C20H32N2. The number of aryl methyl sites for hydroxylation is 2. The van der Waals surface area contributed by atoms with Gasteiger partial charge in [-0.15, -0.1) is 0 Å². The number of fused-ring (bicyclic) bond motifs is 1. The van der Waals surface area contributed by atoms with Gasteiger partial charge in [0, 0.05) is 6.42 Å². The van der Waals surface area contributed by atoms with E-state index < -0.39 is 0 Å². The summed E-state index contributed by atoms with van der Waals surface area (Å²) in [6.45, 7) is 4.52. The van der Waals surface area contributed by atoms with Crippen molar-refractivity contribution in [2.75, 3.05) is 0 Å². The number of H-pyrrole nitrogens is 1. The van der Waals surface area contributed by atoms with Crippen molar-refractivity contribution < 1.29 is 0 Å². The number of hydrogen-bond acceptors (Lipinski definition) is 1. The third kappa shape index (κ3) is 5.47. The number of benzene rings is 1. The molecule has 0 aliphatic rings. The molecule has 0 fully saturated rings. The summed E-state index contributed by atoms with van der Waals surface area (Å²) in [6, 6.07) is 6.74. The highest BCUT2D eigenvalue weighted by Crippen LogP contribution is 2.17. The van der Waals surface area contributed by atoms with Crippen molar-refractivity contribution in [3.8, 4) is 0 Å². The predicted molar refractivity (Wildman–Crippen MR) is 96.4 cm³/mol. The molecule has 22 heavy (non-hydrogen) atoms. The first-order valence-corrected chi connectivity index (χ1v) is 9.31. The monoisotopic (exact) mass is 300 g/mol. The molecule has 0 aliphatic heterocycles. The van der Waals surface area contributed by atoms with E-state index in [-0.39, 0.29) is 0 Å². The number of aromatic nitrogens is 2. The van der Waals surface area contributed by atoms with E-state index in [0.717, 1.165) is 17.8 Å². The van der Waals surface area contributed by atoms with Gasteiger partial charge >= 0.3 is 0 Å². The SMILES string of the molecule is CCCCCCCc1ccc2nc(CCCCCC)[nH]c2c1. The Balaban J connectivity index is 1.84. The van der Waals surface area contributed by atoms with Crippen LogP contribution in [0.25, 0.3) is 11.0 Å². The van der Waals surface area contributed by atoms with E-state index in [0.29, 0.717) is 0 Å². The van der Waals surface area contributed by atoms with Gasteiger partial charge in [-0.25, -0.2) is 4.98 Å². The zero-order chi connectivity index (χ0) is 15.6. The Labute approximate surface area is 135 Å². The zero-order valence-electron chi connectivity index (χ0n) is 14.5. The average molecular weight is 300 g/mol. The van der Waals surface area contributed by atoms with Gasteiger partial charge in [-0.2, -0.15) is 0 Å². The molecule has 1 N–H and O–H groups in total. The van der Waals surface area contributed by atoms with Gasteiger partial charge in [0.05, 0.1) is 11.0 Å². The fraction of sp³-hybridized carbons (Fsp3) is 0.650. The Morgan fingerprint density at radius 2 is 1.50 bits per heavy atom. The van der Waals surface area contributed by atoms with Gasteiger partial charge in [0.25, 0.3) is 0 Å². The molecule has 0 unspecified atom stereocenters. The molecule has 0 saturated carbocycles. The van der Waals surface area contributed by atoms with E-state index in [9.17, 15) is 0 Å². The third-order valence-electron chi connectivity index (χ3n) is 4.43. The van der Waals surface area contributed by atoms with E-state index in [1.165, 1.54) is 75.3 Å². The summed E-state index contributed by atoms with van der Waals surface area (Å²) < 4.78 is 0. The molecule has 0 radical (unpaired) electrons. The molecule has 2 heteroatoms. The number of nitrogens with zero attached hydrogens (tertiary/aromatic N) is 1. The fourth-order valence-electron chi connectivity index (χ4n) is 3.04. The van der Waals surface area contributed by atoms with Crippen LogP contribution in [0.15, 0.2) is 18.2 Å². The summed E-state index contributed by atoms with van der Waals surface area (Å²) in [4.78, 5) is 8.23. The van der Waals surface area contributed by atoms with Gasteiger partial charge in [0.2, 0.25) is 0 Å². The van der Waals surface area contributed by atoms with E-state index in [2.05, 4.69) is 37.0 Å². The molecule has 2 aromatic rings. The predicted octanol–water partition coefficient (Wildman–Crippen LogP) is 6.20. The third-order valence-corrected chi connectivity index (χ3v) is 4.43. The zero-order valence-corrected chi connectivity index (χ0v) is 14.5. The lowest BCUT2D eigenvalue weighted by Gasteiger charge is -2.01. The summed E-state index contributed by atoms with van der Waals surface area (Å²) in [5, 5.41) is 0. The second-order valence-electron chi connectivity index (χ2n) is 6.51. The molecule has 0 saturated heterocycles. The second-order valence-corrected chi connectivity index (χ2v) is 6.51. The molecule has 2 rings (SSSR count). The molecule has 0 atom stereocenters. The standard InChI is InChI=1S/C20H32N2/c1-3-5-7-9-10-12-17-14-15-18-19(16-17)22-20(21-18)13-11-8-6-4-2/h14-16H,3-13H2,1-2H3,(H,21,22). The second kappa shape index (κ2) is 9.66. The first kappa shape index (κ1) is 17.1. The van der Waals surface area contributed by atoms with Crippen molar-refractivity contribution in [2.24, 2.45) is 0 Å². The molecule has 1 aromatic carbocycles. The summed E-state index contributed by atoms with van der Waals surface area (Å²) >= 11 is 0. The number of unbranched alkanes of at least 4 members (excludes halogenated alkanes) is 7. The molecule has 0 spiro atoms. The maximum atomic E-state index is 4.72. The van der Waals surface area contributed by atoms with Crippen molar-refractivity contribution in [3.63, 3.8) is 0 Å². The summed E-state index contributed by atoms with van der Waals surface area (Å²) in [5.41, 5.74) is 3.79. The number of imidazole rings is 1. The first-order valence-electron chi connectivity index (χ1n) is 9.31. The van der Waals surface area contributed by atoms with Crippen LogP contribution in [0.3, 0.4) is 0 Å². The lowest BCUT2D eigenvalue weighted by molar-refractivity contribution is 0.632. The largest absolute Gasteiger partial charge is 0.342 e. The molecule has 1 aromatic heterocycles. The first-order chi connectivity index (χ1) is 10.8. The lowest BCUT2D eigenvalue weighted by Crippen LogP contribution is -1.88. The van der Waals surface area contributed by atoms with Gasteiger partial charge in [-0.05, 0) is 37.0 Å². The van der Waals surface area contributed by atoms with Crippen LogP contribution >= 0.6 is 0 Å². The minimum atomic E-state index is 1.08. The van der Waals surface area contributed by atoms with Gasteiger partial charge in [0.15, 0.2) is 0 Å². The van der Waals surface area contributed by atoms with Crippen molar-refractivity contribution in [1.82, 2.24) is 9.97 Å². The van der Waals surface area contributed by atoms with Gasteiger partial charge in [0.1, 0.15) is 5.82 Å². The quantitative estimate of drug-likeness (QED) is 0.492. The minimum Gasteiger partial charge on any atom is -0.342 e. The lowest BCUT2D eigenvalue weighted by atomic mass is 10.1. The Bertz CT molecular complexity index is 542. The van der Waals surface area contributed by atoms with Crippen LogP contribution < -0.4 is 0 Å². The smallest absolute Gasteiger partial charge is 0.107 e. The Morgan fingerprint density at radius 3 is 2.27 bits per heavy atom. The van der Waals surface area contributed by atoms with Crippen LogP contribution in [-0.2, 0) is 12.8 Å². The van der Waals surface area contributed by atoms with Crippen LogP contribution in [0.4, 0.5) is 0 Å². The number of hydrogen-bond donors (Lipinski definition) is 1. The van der Waals surface area contributed by atoms with Gasteiger partial charge in [-0.3, -0.25) is 0 Å². The van der Waals surface area contributed by atoms with Gasteiger partial charge in [-0.1, -0.05) is 64.9 Å². The van der Waals surface area contributed by atoms with Crippen molar-refractivity contribution in [3.05, 3.63) is 29.6 Å². The van der Waals surface area contributed by atoms with E-state index in [1.54, 1.807) is 0 Å². The molecular weight excluding hydrogens is 268 g/mol. The summed E-state index contributed by atoms with van der Waals surface area (Å²) in [5.74, 6) is 1.16. The molecule has 0 aliphatic carbocycles. The Morgan fingerprint density at radius 1 is 0.818 bits per heavy atom. The van der Waals surface area contributed by atoms with Crippen LogP contribution in [0.2, 0.25) is 0 Å². The molecule has 0 bridgehead atoms. The minimum absolute atomic E-state index is 1.08. The van der Waals surface area contributed by atoms with Crippen molar-refractivity contribution in [1.29, 1.82) is 0 Å². The van der Waals surface area contributed by atoms with Crippen molar-refractivity contribution >= 4 is 11.0 Å². The Hall–Kier alpha value is -1.31. The molecule has 0 amide bonds. The normalized spacial score (nSPS) is 11.4. The average Bonchev–Trinajstić information content (AvgIpc) is 2.93. The number of rotatable bonds is 11. The maximum absolute atomic E-state index is 4.72. The van der Waals surface area contributed by atoms with E-state index in [1.807, 2.05) is 0 Å². The fourth-order valence-corrected chi connectivity index (χ4v) is 3.04. The highest BCUT2D eigenvalue weighted by atomic mass is 14.9. The van der Waals surface area contributed by atoms with Crippen LogP contribution in [0.5, 0.6) is 0 Å². The highest BCUT2D eigenvalue weighted by molar-refractivity contribution is 5.75. The van der Waals surface area contributed by atoms with Crippen LogP contribution in [0, 0.1) is 0 Å². The Kier molecular flexibility index (Phi) is 7.48. The molecule has 2 nitrogen and oxygen atoms in total. The van der Waals surface area contributed by atoms with E-state index >= 15 is 0 Å². The maximum Gasteiger partial charge on any atom is 0.107 e.